The minimum atomic E-state index is -4.33. The fourth-order valence-corrected chi connectivity index (χ4v) is 4.70. The van der Waals surface area contributed by atoms with E-state index in [0.29, 0.717) is 24.6 Å². The van der Waals surface area contributed by atoms with Crippen molar-refractivity contribution in [3.63, 3.8) is 0 Å². The van der Waals surface area contributed by atoms with Crippen LogP contribution < -0.4 is 5.32 Å². The molecule has 2 fully saturated rings. The van der Waals surface area contributed by atoms with E-state index in [-0.39, 0.29) is 5.82 Å². The second-order valence-corrected chi connectivity index (χ2v) is 9.45. The molecule has 0 radical (unpaired) electrons. The van der Waals surface area contributed by atoms with Crippen LogP contribution in [0.2, 0.25) is 0 Å². The molecule has 1 aliphatic carbocycles. The summed E-state index contributed by atoms with van der Waals surface area (Å²) in [4.78, 5) is 18.7. The molecule has 9 heteroatoms. The minimum absolute atomic E-state index is 0.307. The molecule has 1 aromatic heterocycles. The first-order valence-electron chi connectivity index (χ1n) is 12.2. The number of benzene rings is 1. The van der Waals surface area contributed by atoms with Gasteiger partial charge in [-0.2, -0.15) is 13.2 Å². The first-order chi connectivity index (χ1) is 17.1. The van der Waals surface area contributed by atoms with Gasteiger partial charge in [0.05, 0.1) is 0 Å². The Bertz CT molecular complexity index is 1030. The lowest BCUT2D eigenvalue weighted by Gasteiger charge is -2.39. The average Bonchev–Trinajstić information content (AvgIpc) is 3.37. The zero-order chi connectivity index (χ0) is 26.3. The summed E-state index contributed by atoms with van der Waals surface area (Å²) in [7, 11) is 0. The number of aromatic nitrogens is 1. The predicted molar refractivity (Wildman–Crippen MR) is 133 cm³/mol. The third-order valence-electron chi connectivity index (χ3n) is 6.90. The number of nitrogens with zero attached hydrogens (tertiary/aromatic N) is 3. The molecule has 1 aromatic carbocycles. The van der Waals surface area contributed by atoms with Crippen molar-refractivity contribution in [3.8, 4) is 0 Å². The number of carbonyl (C=O) groups is 1. The summed E-state index contributed by atoms with van der Waals surface area (Å²) in [5.41, 5.74) is 3.62. The largest absolute Gasteiger partial charge is 0.433 e. The molecule has 5 nitrogen and oxygen atoms in total. The molecule has 2 aliphatic rings. The normalized spacial score (nSPS) is 16.9. The molecule has 2 aromatic rings. The van der Waals surface area contributed by atoms with Gasteiger partial charge in [-0.25, -0.2) is 4.39 Å². The van der Waals surface area contributed by atoms with Crippen LogP contribution in [0.4, 0.5) is 23.2 Å². The third-order valence-corrected chi connectivity index (χ3v) is 6.90. The number of hydrogen-bond donors (Lipinski definition) is 1. The van der Waals surface area contributed by atoms with Crippen molar-refractivity contribution in [3.05, 3.63) is 70.9 Å². The number of rotatable bonds is 6. The number of alkyl halides is 3. The van der Waals surface area contributed by atoms with Crippen molar-refractivity contribution >= 4 is 12.1 Å². The van der Waals surface area contributed by atoms with Crippen LogP contribution in [-0.4, -0.2) is 47.4 Å². The second kappa shape index (κ2) is 12.3. The molecule has 196 valence electrons. The molecule has 0 spiro atoms. The maximum absolute atomic E-state index is 13.8. The van der Waals surface area contributed by atoms with Crippen molar-refractivity contribution in [2.75, 3.05) is 31.5 Å². The number of piperazine rings is 1. The van der Waals surface area contributed by atoms with Crippen molar-refractivity contribution in [2.24, 2.45) is 5.92 Å². The summed E-state index contributed by atoms with van der Waals surface area (Å²) < 4.78 is 49.4. The molecular weight excluding hydrogens is 472 g/mol. The Morgan fingerprint density at radius 1 is 1.14 bits per heavy atom. The van der Waals surface area contributed by atoms with Gasteiger partial charge in [-0.05, 0) is 67.5 Å². The summed E-state index contributed by atoms with van der Waals surface area (Å²) >= 11 is 0. The molecule has 1 aliphatic heterocycles. The number of anilines is 1. The van der Waals surface area contributed by atoms with Crippen molar-refractivity contribution in [1.82, 2.24) is 14.8 Å². The zero-order valence-electron chi connectivity index (χ0n) is 20.9. The summed E-state index contributed by atoms with van der Waals surface area (Å²) in [6, 6.07) is 5.30. The molecule has 1 saturated carbocycles. The van der Waals surface area contributed by atoms with Gasteiger partial charge in [-0.15, -0.1) is 0 Å². The van der Waals surface area contributed by atoms with Gasteiger partial charge in [-0.1, -0.05) is 25.5 Å². The van der Waals surface area contributed by atoms with Crippen LogP contribution in [0.15, 0.2) is 42.7 Å². The van der Waals surface area contributed by atoms with E-state index in [0.717, 1.165) is 48.9 Å². The van der Waals surface area contributed by atoms with Crippen LogP contribution in [0.3, 0.4) is 0 Å². The van der Waals surface area contributed by atoms with Crippen molar-refractivity contribution < 1.29 is 22.4 Å². The summed E-state index contributed by atoms with van der Waals surface area (Å²) in [6.45, 7) is 12.6. The van der Waals surface area contributed by atoms with Gasteiger partial charge in [0.1, 0.15) is 11.5 Å². The topological polar surface area (TPSA) is 48.5 Å². The van der Waals surface area contributed by atoms with Gasteiger partial charge in [0.15, 0.2) is 0 Å². The van der Waals surface area contributed by atoms with E-state index in [1.54, 1.807) is 13.0 Å². The lowest BCUT2D eigenvalue weighted by molar-refractivity contribution is -0.141. The Kier molecular flexibility index (Phi) is 9.48. The Morgan fingerprint density at radius 2 is 1.81 bits per heavy atom. The lowest BCUT2D eigenvalue weighted by Crippen LogP contribution is -2.46. The summed E-state index contributed by atoms with van der Waals surface area (Å²) in [6.07, 6.45) is 2.71. The van der Waals surface area contributed by atoms with Crippen LogP contribution in [0.5, 0.6) is 0 Å². The number of carbonyl (C=O) groups excluding carboxylic acids is 1. The quantitative estimate of drug-likeness (QED) is 0.390. The highest BCUT2D eigenvalue weighted by molar-refractivity contribution is 5.74. The SMILES string of the molecule is C=C(C1CCCC1)N1CCN(Cc2cc(F)cc(NC=O)c2C)CC1.Cc1ccc(C(F)(F)F)nc1. The maximum atomic E-state index is 13.8. The molecule has 1 amide bonds. The molecule has 0 unspecified atom stereocenters. The van der Waals surface area contributed by atoms with Crippen LogP contribution in [0, 0.1) is 25.6 Å². The summed E-state index contributed by atoms with van der Waals surface area (Å²) in [5, 5.41) is 2.59. The van der Waals surface area contributed by atoms with Gasteiger partial charge >= 0.3 is 6.18 Å². The van der Waals surface area contributed by atoms with Crippen LogP contribution in [-0.2, 0) is 17.5 Å². The molecule has 0 bridgehead atoms. The van der Waals surface area contributed by atoms with Crippen molar-refractivity contribution in [1.29, 1.82) is 0 Å². The Labute approximate surface area is 210 Å². The van der Waals surface area contributed by atoms with E-state index in [2.05, 4.69) is 26.7 Å². The highest BCUT2D eigenvalue weighted by atomic mass is 19.4. The first-order valence-corrected chi connectivity index (χ1v) is 12.2. The van der Waals surface area contributed by atoms with E-state index in [4.69, 9.17) is 0 Å². The highest BCUT2D eigenvalue weighted by Crippen LogP contribution is 2.32. The number of amides is 1. The van der Waals surface area contributed by atoms with Gasteiger partial charge in [0, 0.05) is 50.3 Å². The molecule has 36 heavy (non-hydrogen) atoms. The van der Waals surface area contributed by atoms with Gasteiger partial charge in [0.2, 0.25) is 6.41 Å². The number of pyridine rings is 1. The molecule has 1 N–H and O–H groups in total. The monoisotopic (exact) mass is 506 g/mol. The summed E-state index contributed by atoms with van der Waals surface area (Å²) in [5.74, 6) is 0.368. The minimum Gasteiger partial charge on any atom is -0.372 e. The highest BCUT2D eigenvalue weighted by Gasteiger charge is 2.31. The molecule has 1 saturated heterocycles. The molecule has 0 atom stereocenters. The fourth-order valence-electron chi connectivity index (χ4n) is 4.70. The van der Waals surface area contributed by atoms with Crippen LogP contribution in [0.25, 0.3) is 0 Å². The lowest BCUT2D eigenvalue weighted by atomic mass is 10.0. The predicted octanol–water partition coefficient (Wildman–Crippen LogP) is 5.93. The van der Waals surface area contributed by atoms with E-state index >= 15 is 0 Å². The van der Waals surface area contributed by atoms with Gasteiger partial charge in [-0.3, -0.25) is 14.7 Å². The van der Waals surface area contributed by atoms with Gasteiger partial charge in [0.25, 0.3) is 0 Å². The Hall–Kier alpha value is -2.94. The van der Waals surface area contributed by atoms with E-state index < -0.39 is 11.9 Å². The second-order valence-electron chi connectivity index (χ2n) is 9.45. The molecule has 4 rings (SSSR count). The zero-order valence-corrected chi connectivity index (χ0v) is 20.9. The van der Waals surface area contributed by atoms with Gasteiger partial charge < -0.3 is 10.2 Å². The van der Waals surface area contributed by atoms with E-state index in [9.17, 15) is 22.4 Å². The number of aryl methyl sites for hydroxylation is 1. The average molecular weight is 507 g/mol. The number of hydrogen-bond acceptors (Lipinski definition) is 4. The number of allylic oxidation sites excluding steroid dienone is 1. The number of nitrogens with one attached hydrogen (secondary N) is 1. The third kappa shape index (κ3) is 7.53. The van der Waals surface area contributed by atoms with Crippen molar-refractivity contribution in [2.45, 2.75) is 52.3 Å². The maximum Gasteiger partial charge on any atom is 0.433 e. The van der Waals surface area contributed by atoms with Crippen LogP contribution in [0.1, 0.15) is 48.1 Å². The number of halogens is 4. The Balaban J connectivity index is 0.000000275. The van der Waals surface area contributed by atoms with E-state index in [1.165, 1.54) is 49.7 Å². The van der Waals surface area contributed by atoms with E-state index in [1.807, 2.05) is 6.92 Å². The molecular formula is C27H34F4N4O. The smallest absolute Gasteiger partial charge is 0.372 e. The standard InChI is InChI=1S/C20H28FN3O.C7H6F3N/c1-15-18(11-19(21)12-20(15)22-14-25)13-23-7-9-24(10-8-23)16(2)17-5-3-4-6-17;1-5-2-3-6(11-4-5)7(8,9)10/h11-12,14,17H,2-10,13H2,1H3,(H,22,25);2-4H,1H3. The fraction of sp³-hybridized carbons (Fsp3) is 0.481. The molecule has 2 heterocycles. The van der Waals surface area contributed by atoms with Crippen LogP contribution >= 0.6 is 0 Å². The first kappa shape index (κ1) is 27.6. The Morgan fingerprint density at radius 3 is 2.36 bits per heavy atom.